The molecule has 2 aromatic rings. The zero-order valence-corrected chi connectivity index (χ0v) is 16.7. The maximum Gasteiger partial charge on any atom is 0.238 e. The van der Waals surface area contributed by atoms with Gasteiger partial charge in [0.25, 0.3) is 0 Å². The first-order chi connectivity index (χ1) is 12.9. The van der Waals surface area contributed by atoms with E-state index in [1.54, 1.807) is 15.7 Å². The third-order valence-corrected chi connectivity index (χ3v) is 6.57. The van der Waals surface area contributed by atoms with Gasteiger partial charge in [-0.2, -0.15) is 0 Å². The molecule has 1 fully saturated rings. The van der Waals surface area contributed by atoms with E-state index >= 15 is 0 Å². The lowest BCUT2D eigenvalue weighted by Crippen LogP contribution is -2.42. The normalized spacial score (nSPS) is 15.5. The molecule has 27 heavy (non-hydrogen) atoms. The molecule has 0 radical (unpaired) electrons. The number of amides is 1. The van der Waals surface area contributed by atoms with Crippen molar-refractivity contribution in [2.75, 3.05) is 5.75 Å². The summed E-state index contributed by atoms with van der Waals surface area (Å²) < 4.78 is 27.3. The molecule has 1 saturated carbocycles. The third kappa shape index (κ3) is 4.77. The number of nitrogens with zero attached hydrogens (tertiary/aromatic N) is 3. The number of sulfone groups is 1. The molecule has 146 valence electrons. The van der Waals surface area contributed by atoms with Crippen molar-refractivity contribution in [3.8, 4) is 0 Å². The van der Waals surface area contributed by atoms with E-state index in [1.165, 1.54) is 6.20 Å². The summed E-state index contributed by atoms with van der Waals surface area (Å²) in [5.41, 5.74) is 1.00. The molecule has 1 atom stereocenters. The summed E-state index contributed by atoms with van der Waals surface area (Å²) in [7, 11) is -3.78. The van der Waals surface area contributed by atoms with Gasteiger partial charge in [0, 0.05) is 31.5 Å². The van der Waals surface area contributed by atoms with Crippen LogP contribution in [0.25, 0.3) is 0 Å². The summed E-state index contributed by atoms with van der Waals surface area (Å²) in [6, 6.07) is 9.74. The van der Waals surface area contributed by atoms with Gasteiger partial charge in [0.1, 0.15) is 5.75 Å². The maximum absolute atomic E-state index is 13.0. The van der Waals surface area contributed by atoms with E-state index in [1.807, 2.05) is 44.2 Å². The number of carbonyl (C=O) groups is 1. The molecule has 0 bridgehead atoms. The Balaban J connectivity index is 1.80. The molecule has 3 rings (SSSR count). The maximum atomic E-state index is 13.0. The van der Waals surface area contributed by atoms with E-state index in [2.05, 4.69) is 4.98 Å². The van der Waals surface area contributed by atoms with Crippen molar-refractivity contribution in [1.82, 2.24) is 14.5 Å². The molecule has 1 amide bonds. The summed E-state index contributed by atoms with van der Waals surface area (Å²) in [5.74, 6) is -0.441. The standard InChI is InChI=1S/C20H27N3O3S/c1-3-12-22-13-11-21-20(22)27(25,26)15-19(24)23(16(2)18-9-10-18)14-17-7-5-4-6-8-17/h4-8,11,13,16,18H,3,9-10,12,14-15H2,1-2H3. The Kier molecular flexibility index (Phi) is 5.99. The number of hydrogen-bond acceptors (Lipinski definition) is 4. The summed E-state index contributed by atoms with van der Waals surface area (Å²) in [5, 5.41) is -0.0172. The minimum absolute atomic E-state index is 0.0172. The zero-order valence-electron chi connectivity index (χ0n) is 15.9. The number of rotatable bonds is 9. The summed E-state index contributed by atoms with van der Waals surface area (Å²) in [4.78, 5) is 18.7. The number of aryl methyl sites for hydroxylation is 1. The molecule has 0 saturated heterocycles. The predicted octanol–water partition coefficient (Wildman–Crippen LogP) is 2.89. The van der Waals surface area contributed by atoms with Crippen LogP contribution >= 0.6 is 0 Å². The number of aromatic nitrogens is 2. The van der Waals surface area contributed by atoms with Gasteiger partial charge >= 0.3 is 0 Å². The summed E-state index contributed by atoms with van der Waals surface area (Å²) in [6.07, 6.45) is 6.10. The first-order valence-corrected chi connectivity index (χ1v) is 11.1. The van der Waals surface area contributed by atoms with Gasteiger partial charge in [-0.15, -0.1) is 0 Å². The molecule has 0 N–H and O–H groups in total. The lowest BCUT2D eigenvalue weighted by Gasteiger charge is -2.29. The van der Waals surface area contributed by atoms with Gasteiger partial charge in [-0.1, -0.05) is 37.3 Å². The number of hydrogen-bond donors (Lipinski definition) is 0. The second kappa shape index (κ2) is 8.25. The Morgan fingerprint density at radius 3 is 2.63 bits per heavy atom. The van der Waals surface area contributed by atoms with Crippen LogP contribution in [0.5, 0.6) is 0 Å². The quantitative estimate of drug-likeness (QED) is 0.661. The molecule has 1 aromatic heterocycles. The van der Waals surface area contributed by atoms with Crippen LogP contribution in [0.1, 0.15) is 38.7 Å². The molecule has 1 aromatic carbocycles. The minimum atomic E-state index is -3.78. The monoisotopic (exact) mass is 389 g/mol. The van der Waals surface area contributed by atoms with E-state index in [0.29, 0.717) is 19.0 Å². The Labute approximate surface area is 161 Å². The average molecular weight is 390 g/mol. The van der Waals surface area contributed by atoms with Crippen molar-refractivity contribution in [2.45, 2.75) is 57.4 Å². The summed E-state index contributed by atoms with van der Waals surface area (Å²) >= 11 is 0. The van der Waals surface area contributed by atoms with E-state index in [0.717, 1.165) is 24.8 Å². The Bertz CT molecular complexity index is 873. The molecule has 1 unspecified atom stereocenters. The Morgan fingerprint density at radius 1 is 1.30 bits per heavy atom. The van der Waals surface area contributed by atoms with Crippen molar-refractivity contribution in [1.29, 1.82) is 0 Å². The van der Waals surface area contributed by atoms with Crippen LogP contribution < -0.4 is 0 Å². The number of carbonyl (C=O) groups excluding carboxylic acids is 1. The highest BCUT2D eigenvalue weighted by Crippen LogP contribution is 2.36. The van der Waals surface area contributed by atoms with Crippen molar-refractivity contribution < 1.29 is 13.2 Å². The van der Waals surface area contributed by atoms with Crippen LogP contribution in [-0.4, -0.2) is 40.6 Å². The fraction of sp³-hybridized carbons (Fsp3) is 0.500. The van der Waals surface area contributed by atoms with Crippen molar-refractivity contribution >= 4 is 15.7 Å². The lowest BCUT2D eigenvalue weighted by atomic mass is 10.1. The molecule has 0 spiro atoms. The smallest absolute Gasteiger partial charge is 0.238 e. The van der Waals surface area contributed by atoms with Crippen LogP contribution in [0.2, 0.25) is 0 Å². The van der Waals surface area contributed by atoms with Gasteiger partial charge in [0.15, 0.2) is 0 Å². The van der Waals surface area contributed by atoms with Crippen LogP contribution in [0.15, 0.2) is 47.9 Å². The van der Waals surface area contributed by atoms with Crippen LogP contribution in [-0.2, 0) is 27.7 Å². The molecule has 1 heterocycles. The fourth-order valence-electron chi connectivity index (χ4n) is 3.37. The molecule has 6 nitrogen and oxygen atoms in total. The van der Waals surface area contributed by atoms with Gasteiger partial charge in [-0.05, 0) is 37.7 Å². The van der Waals surface area contributed by atoms with Gasteiger partial charge in [-0.3, -0.25) is 4.79 Å². The average Bonchev–Trinajstić information content (AvgIpc) is 3.38. The molecule has 0 aliphatic heterocycles. The highest BCUT2D eigenvalue weighted by Gasteiger charge is 2.36. The van der Waals surface area contributed by atoms with Crippen molar-refractivity contribution in [3.05, 3.63) is 48.3 Å². The molecule has 1 aliphatic carbocycles. The predicted molar refractivity (Wildman–Crippen MR) is 104 cm³/mol. The van der Waals surface area contributed by atoms with E-state index in [4.69, 9.17) is 0 Å². The minimum Gasteiger partial charge on any atom is -0.334 e. The summed E-state index contributed by atoms with van der Waals surface area (Å²) in [6.45, 7) is 4.98. The molecule has 1 aliphatic rings. The van der Waals surface area contributed by atoms with Gasteiger partial charge < -0.3 is 9.47 Å². The zero-order chi connectivity index (χ0) is 19.4. The lowest BCUT2D eigenvalue weighted by molar-refractivity contribution is -0.131. The van der Waals surface area contributed by atoms with E-state index in [9.17, 15) is 13.2 Å². The Morgan fingerprint density at radius 2 is 2.00 bits per heavy atom. The first kappa shape index (κ1) is 19.6. The van der Waals surface area contributed by atoms with Crippen molar-refractivity contribution in [2.24, 2.45) is 5.92 Å². The van der Waals surface area contributed by atoms with Crippen LogP contribution in [0.4, 0.5) is 0 Å². The van der Waals surface area contributed by atoms with Crippen LogP contribution in [0, 0.1) is 5.92 Å². The third-order valence-electron chi connectivity index (χ3n) is 5.05. The molecular formula is C20H27N3O3S. The largest absolute Gasteiger partial charge is 0.334 e. The van der Waals surface area contributed by atoms with Gasteiger partial charge in [-0.25, -0.2) is 13.4 Å². The second-order valence-electron chi connectivity index (χ2n) is 7.25. The SMILES string of the molecule is CCCn1ccnc1S(=O)(=O)CC(=O)N(Cc1ccccc1)C(C)C1CC1. The topological polar surface area (TPSA) is 72.3 Å². The van der Waals surface area contributed by atoms with E-state index < -0.39 is 15.6 Å². The van der Waals surface area contributed by atoms with Gasteiger partial charge in [0.2, 0.25) is 20.9 Å². The number of imidazole rings is 1. The van der Waals surface area contributed by atoms with Crippen LogP contribution in [0.3, 0.4) is 0 Å². The van der Waals surface area contributed by atoms with E-state index in [-0.39, 0.29) is 17.1 Å². The van der Waals surface area contributed by atoms with Crippen molar-refractivity contribution in [3.63, 3.8) is 0 Å². The first-order valence-electron chi connectivity index (χ1n) is 9.49. The highest BCUT2D eigenvalue weighted by atomic mass is 32.2. The van der Waals surface area contributed by atoms with Gasteiger partial charge in [0.05, 0.1) is 0 Å². The Hall–Kier alpha value is -2.15. The molecule has 7 heteroatoms. The highest BCUT2D eigenvalue weighted by molar-refractivity contribution is 7.91. The molecular weight excluding hydrogens is 362 g/mol. The fourth-order valence-corrected chi connectivity index (χ4v) is 4.72. The number of benzene rings is 1. The second-order valence-corrected chi connectivity index (χ2v) is 9.13.